The van der Waals surface area contributed by atoms with Crippen molar-refractivity contribution in [2.75, 3.05) is 13.7 Å². The minimum Gasteiger partial charge on any atom is -0.466 e. The summed E-state index contributed by atoms with van der Waals surface area (Å²) in [6, 6.07) is 11.7. The predicted molar refractivity (Wildman–Crippen MR) is 107 cm³/mol. The molecule has 1 aliphatic heterocycles. The third kappa shape index (κ3) is 3.95. The van der Waals surface area contributed by atoms with Crippen LogP contribution in [0.15, 0.2) is 59.1 Å². The lowest BCUT2D eigenvalue weighted by Crippen LogP contribution is -2.66. The first-order valence-electron chi connectivity index (χ1n) is 9.21. The Morgan fingerprint density at radius 3 is 2.39 bits per heavy atom. The molecule has 0 saturated carbocycles. The predicted octanol–water partition coefficient (Wildman–Crippen LogP) is 3.31. The van der Waals surface area contributed by atoms with Gasteiger partial charge in [-0.2, -0.15) is 13.2 Å². The summed E-state index contributed by atoms with van der Waals surface area (Å²) in [4.78, 5) is 39.0. The number of amides is 2. The molecule has 2 aromatic rings. The quantitative estimate of drug-likeness (QED) is 0.683. The fourth-order valence-electron chi connectivity index (χ4n) is 3.52. The summed E-state index contributed by atoms with van der Waals surface area (Å²) in [7, 11) is 0.919. The number of carbonyl (C=O) groups excluding carboxylic acids is 3. The second-order valence-corrected chi connectivity index (χ2v) is 7.77. The largest absolute Gasteiger partial charge is 0.466 e. The maximum Gasteiger partial charge on any atom is 0.425 e. The molecule has 164 valence electrons. The van der Waals surface area contributed by atoms with Crippen LogP contribution in [0.3, 0.4) is 0 Å². The molecule has 3 rings (SSSR count). The fraction of sp³-hybridized carbons (Fsp3) is 0.286. The van der Waals surface area contributed by atoms with Crippen molar-refractivity contribution in [3.63, 3.8) is 0 Å². The van der Waals surface area contributed by atoms with E-state index in [-0.39, 0.29) is 23.5 Å². The highest BCUT2D eigenvalue weighted by Crippen LogP contribution is 2.45. The van der Waals surface area contributed by atoms with Gasteiger partial charge in [0.15, 0.2) is 0 Å². The molecule has 10 heteroatoms. The van der Waals surface area contributed by atoms with Gasteiger partial charge in [0.1, 0.15) is 5.57 Å². The van der Waals surface area contributed by atoms with Crippen molar-refractivity contribution in [1.29, 1.82) is 0 Å². The van der Waals surface area contributed by atoms with Crippen molar-refractivity contribution in [3.8, 4) is 0 Å². The van der Waals surface area contributed by atoms with Crippen LogP contribution in [-0.4, -0.2) is 48.1 Å². The summed E-state index contributed by atoms with van der Waals surface area (Å²) in [6.45, 7) is 1.13. The Labute approximate surface area is 180 Å². The van der Waals surface area contributed by atoms with E-state index in [0.29, 0.717) is 0 Å². The van der Waals surface area contributed by atoms with E-state index in [2.05, 4.69) is 4.74 Å². The van der Waals surface area contributed by atoms with Gasteiger partial charge in [-0.05, 0) is 30.4 Å². The number of halogens is 3. The van der Waals surface area contributed by atoms with E-state index in [9.17, 15) is 27.6 Å². The van der Waals surface area contributed by atoms with Gasteiger partial charge in [-0.25, -0.2) is 4.79 Å². The van der Waals surface area contributed by atoms with Crippen molar-refractivity contribution in [2.45, 2.75) is 25.1 Å². The van der Waals surface area contributed by atoms with Crippen LogP contribution in [0, 0.1) is 0 Å². The number of carbonyl (C=O) groups is 3. The van der Waals surface area contributed by atoms with Crippen molar-refractivity contribution in [3.05, 3.63) is 69.6 Å². The molecule has 31 heavy (non-hydrogen) atoms. The van der Waals surface area contributed by atoms with Gasteiger partial charge in [0.25, 0.3) is 17.4 Å². The minimum absolute atomic E-state index is 0.0268. The Balaban J connectivity index is 2.06. The van der Waals surface area contributed by atoms with Gasteiger partial charge in [-0.15, -0.1) is 11.3 Å². The zero-order valence-corrected chi connectivity index (χ0v) is 17.5. The number of allylic oxidation sites excluding steroid dienone is 1. The normalized spacial score (nSPS) is 19.0. The zero-order valence-electron chi connectivity index (χ0n) is 16.7. The first-order valence-corrected chi connectivity index (χ1v) is 10.1. The van der Waals surface area contributed by atoms with Gasteiger partial charge in [0.2, 0.25) is 0 Å². The Morgan fingerprint density at radius 1 is 1.16 bits per heavy atom. The highest BCUT2D eigenvalue weighted by atomic mass is 32.1. The number of alkyl halides is 3. The highest BCUT2D eigenvalue weighted by Gasteiger charge is 2.70. The lowest BCUT2D eigenvalue weighted by molar-refractivity contribution is -0.192. The number of thiophene rings is 1. The van der Waals surface area contributed by atoms with Crippen LogP contribution in [0.25, 0.3) is 0 Å². The number of ether oxygens (including phenoxy) is 1. The standard InChI is InChI=1S/C21H19F3N2O4S/c1-13-16(18(28)30-2)20(21(22,23)24,25-17(27)15-9-6-12-31-15)19(29)26(13)11-10-14-7-4-3-5-8-14/h3-9,12H,10-11H2,1-2H3,(H,25,27). The number of rotatable bonds is 6. The van der Waals surface area contributed by atoms with E-state index < -0.39 is 35.1 Å². The van der Waals surface area contributed by atoms with E-state index in [1.54, 1.807) is 35.6 Å². The summed E-state index contributed by atoms with van der Waals surface area (Å²) < 4.78 is 47.8. The molecule has 0 bridgehead atoms. The van der Waals surface area contributed by atoms with Gasteiger partial charge < -0.3 is 15.0 Å². The lowest BCUT2D eigenvalue weighted by atomic mass is 9.89. The topological polar surface area (TPSA) is 75.7 Å². The molecule has 1 N–H and O–H groups in total. The van der Waals surface area contributed by atoms with Gasteiger partial charge in [0, 0.05) is 12.2 Å². The average molecular weight is 452 g/mol. The molecule has 1 atom stereocenters. The van der Waals surface area contributed by atoms with Gasteiger partial charge in [0.05, 0.1) is 12.0 Å². The van der Waals surface area contributed by atoms with E-state index in [1.165, 1.54) is 24.4 Å². The second kappa shape index (κ2) is 8.54. The van der Waals surface area contributed by atoms with Crippen LogP contribution >= 0.6 is 11.3 Å². The lowest BCUT2D eigenvalue weighted by Gasteiger charge is -2.32. The zero-order chi connectivity index (χ0) is 22.8. The highest BCUT2D eigenvalue weighted by molar-refractivity contribution is 7.12. The average Bonchev–Trinajstić information content (AvgIpc) is 3.33. The SMILES string of the molecule is COC(=O)C1=C(C)N(CCc2ccccc2)C(=O)C1(NC(=O)c1cccs1)C(F)(F)F. The van der Waals surface area contributed by atoms with Gasteiger partial charge in [-0.1, -0.05) is 36.4 Å². The Morgan fingerprint density at radius 2 is 1.84 bits per heavy atom. The number of nitrogens with zero attached hydrogens (tertiary/aromatic N) is 1. The molecule has 6 nitrogen and oxygen atoms in total. The molecular weight excluding hydrogens is 433 g/mol. The van der Waals surface area contributed by atoms with E-state index in [4.69, 9.17) is 0 Å². The van der Waals surface area contributed by atoms with E-state index >= 15 is 0 Å². The number of hydrogen-bond acceptors (Lipinski definition) is 5. The summed E-state index contributed by atoms with van der Waals surface area (Å²) in [6.07, 6.45) is -5.03. The van der Waals surface area contributed by atoms with Gasteiger partial charge in [-0.3, -0.25) is 9.59 Å². The van der Waals surface area contributed by atoms with Crippen molar-refractivity contribution < 1.29 is 32.3 Å². The minimum atomic E-state index is -5.29. The fourth-order valence-corrected chi connectivity index (χ4v) is 4.13. The molecular formula is C21H19F3N2O4S. The Kier molecular flexibility index (Phi) is 6.21. The molecule has 0 aliphatic carbocycles. The maximum atomic E-state index is 14.4. The van der Waals surface area contributed by atoms with Crippen LogP contribution in [0.1, 0.15) is 22.2 Å². The van der Waals surface area contributed by atoms with Crippen molar-refractivity contribution >= 4 is 29.1 Å². The number of hydrogen-bond donors (Lipinski definition) is 1. The first kappa shape index (κ1) is 22.5. The van der Waals surface area contributed by atoms with Crippen molar-refractivity contribution in [2.24, 2.45) is 0 Å². The Bertz CT molecular complexity index is 1020. The number of benzene rings is 1. The molecule has 0 saturated heterocycles. The second-order valence-electron chi connectivity index (χ2n) is 6.82. The summed E-state index contributed by atoms with van der Waals surface area (Å²) in [5, 5.41) is 3.32. The molecule has 0 spiro atoms. The number of methoxy groups -OCH3 is 1. The maximum absolute atomic E-state index is 14.4. The van der Waals surface area contributed by atoms with E-state index in [0.717, 1.165) is 28.9 Å². The molecule has 0 fully saturated rings. The number of nitrogens with one attached hydrogen (secondary N) is 1. The van der Waals surface area contributed by atoms with Crippen LogP contribution in [-0.2, 0) is 20.7 Å². The van der Waals surface area contributed by atoms with Gasteiger partial charge >= 0.3 is 12.1 Å². The molecule has 1 aromatic heterocycles. The summed E-state index contributed by atoms with van der Waals surface area (Å²) in [5.74, 6) is -3.89. The smallest absolute Gasteiger partial charge is 0.425 e. The van der Waals surface area contributed by atoms with Crippen LogP contribution < -0.4 is 5.32 Å². The van der Waals surface area contributed by atoms with Crippen LogP contribution in [0.5, 0.6) is 0 Å². The molecule has 1 unspecified atom stereocenters. The summed E-state index contributed by atoms with van der Waals surface area (Å²) >= 11 is 0.913. The summed E-state index contributed by atoms with van der Waals surface area (Å²) in [5.41, 5.74) is -3.89. The Hall–Kier alpha value is -3.14. The molecule has 2 heterocycles. The van der Waals surface area contributed by atoms with Crippen LogP contribution in [0.2, 0.25) is 0 Å². The molecule has 2 amide bonds. The molecule has 1 aromatic carbocycles. The third-order valence-corrected chi connectivity index (χ3v) is 5.90. The monoisotopic (exact) mass is 452 g/mol. The number of esters is 1. The molecule has 0 radical (unpaired) electrons. The van der Waals surface area contributed by atoms with Crippen molar-refractivity contribution in [1.82, 2.24) is 10.2 Å². The van der Waals surface area contributed by atoms with E-state index in [1.807, 2.05) is 0 Å². The first-order chi connectivity index (χ1) is 14.6. The molecule has 1 aliphatic rings. The third-order valence-electron chi connectivity index (χ3n) is 5.04. The van der Waals surface area contributed by atoms with Crippen LogP contribution in [0.4, 0.5) is 13.2 Å².